The number of nitrogens with two attached hydrogens (primary N) is 1. The molecule has 4 heteroatoms. The Bertz CT molecular complexity index is 592. The Morgan fingerprint density at radius 2 is 2.24 bits per heavy atom. The highest BCUT2D eigenvalue weighted by molar-refractivity contribution is 5.82. The van der Waals surface area contributed by atoms with Crippen LogP contribution >= 0.6 is 0 Å². The van der Waals surface area contributed by atoms with Crippen molar-refractivity contribution in [2.75, 3.05) is 6.73 Å². The molecule has 2 N–H and O–H groups in total. The van der Waals surface area contributed by atoms with E-state index >= 15 is 0 Å². The van der Waals surface area contributed by atoms with Crippen molar-refractivity contribution in [3.8, 4) is 5.75 Å². The van der Waals surface area contributed by atoms with Crippen LogP contribution in [0.25, 0.3) is 17.1 Å². The van der Waals surface area contributed by atoms with Crippen LogP contribution in [0.2, 0.25) is 0 Å². The third-order valence-electron chi connectivity index (χ3n) is 2.82. The van der Waals surface area contributed by atoms with E-state index < -0.39 is 0 Å². The number of aryl methyl sites for hydroxylation is 1. The van der Waals surface area contributed by atoms with Crippen LogP contribution in [0.15, 0.2) is 24.3 Å². The molecule has 1 aliphatic rings. The predicted octanol–water partition coefficient (Wildman–Crippen LogP) is 1.88. The van der Waals surface area contributed by atoms with E-state index in [0.29, 0.717) is 5.75 Å². The van der Waals surface area contributed by atoms with Gasteiger partial charge in [0.25, 0.3) is 0 Å². The maximum Gasteiger partial charge on any atom is 0.149 e. The summed E-state index contributed by atoms with van der Waals surface area (Å²) in [7, 11) is 0. The first-order valence-corrected chi connectivity index (χ1v) is 5.67. The van der Waals surface area contributed by atoms with Gasteiger partial charge in [-0.1, -0.05) is 12.1 Å². The summed E-state index contributed by atoms with van der Waals surface area (Å²) < 4.78 is 5.36. The molecule has 0 radical (unpaired) electrons. The van der Waals surface area contributed by atoms with Gasteiger partial charge in [0.05, 0.1) is 16.9 Å². The van der Waals surface area contributed by atoms with Crippen molar-refractivity contribution in [1.29, 1.82) is 0 Å². The zero-order valence-corrected chi connectivity index (χ0v) is 9.39. The Morgan fingerprint density at radius 1 is 1.29 bits per heavy atom. The first-order chi connectivity index (χ1) is 8.38. The molecule has 0 aliphatic heterocycles. The third kappa shape index (κ3) is 1.76. The molecule has 3 rings (SSSR count). The van der Waals surface area contributed by atoms with Crippen LogP contribution in [0.3, 0.4) is 0 Å². The van der Waals surface area contributed by atoms with Gasteiger partial charge in [-0.3, -0.25) is 5.73 Å². The monoisotopic (exact) mass is 227 g/mol. The zero-order valence-electron chi connectivity index (χ0n) is 9.39. The number of rotatable bonds is 2. The Labute approximate surface area is 99.1 Å². The van der Waals surface area contributed by atoms with Gasteiger partial charge in [-0.25, -0.2) is 9.97 Å². The average Bonchev–Trinajstić information content (AvgIpc) is 2.37. The quantitative estimate of drug-likeness (QED) is 0.796. The highest BCUT2D eigenvalue weighted by Gasteiger charge is 2.11. The van der Waals surface area contributed by atoms with E-state index in [4.69, 9.17) is 10.5 Å². The van der Waals surface area contributed by atoms with Gasteiger partial charge in [0.15, 0.2) is 0 Å². The number of para-hydroxylation sites is 1. The van der Waals surface area contributed by atoms with Gasteiger partial charge in [-0.15, -0.1) is 0 Å². The van der Waals surface area contributed by atoms with Crippen molar-refractivity contribution in [3.63, 3.8) is 0 Å². The average molecular weight is 227 g/mol. The molecule has 86 valence electrons. The lowest BCUT2D eigenvalue weighted by atomic mass is 10.1. The number of ether oxygens (including phenoxy) is 1. The molecular formula is C13H13N3O. The van der Waals surface area contributed by atoms with E-state index in [0.717, 1.165) is 35.3 Å². The molecule has 1 aliphatic carbocycles. The lowest BCUT2D eigenvalue weighted by Gasteiger charge is -2.11. The lowest BCUT2D eigenvalue weighted by molar-refractivity contribution is 0.333. The van der Waals surface area contributed by atoms with E-state index in [9.17, 15) is 0 Å². The molecule has 1 heterocycles. The molecule has 4 nitrogen and oxygen atoms in total. The van der Waals surface area contributed by atoms with Crippen LogP contribution < -0.4 is 10.5 Å². The summed E-state index contributed by atoms with van der Waals surface area (Å²) in [5.74, 6) is 0.694. The maximum atomic E-state index is 5.40. The Morgan fingerprint density at radius 3 is 3.12 bits per heavy atom. The molecule has 0 amide bonds. The first kappa shape index (κ1) is 10.2. The predicted molar refractivity (Wildman–Crippen MR) is 66.6 cm³/mol. The van der Waals surface area contributed by atoms with Crippen LogP contribution in [-0.2, 0) is 6.42 Å². The van der Waals surface area contributed by atoms with E-state index in [1.807, 2.05) is 24.3 Å². The van der Waals surface area contributed by atoms with Gasteiger partial charge in [-0.05, 0) is 31.1 Å². The summed E-state index contributed by atoms with van der Waals surface area (Å²) in [6.45, 7) is 0.147. The second-order valence-corrected chi connectivity index (χ2v) is 3.93. The fraction of sp³-hybridized carbons (Fsp3) is 0.231. The van der Waals surface area contributed by atoms with Crippen LogP contribution in [-0.4, -0.2) is 16.7 Å². The van der Waals surface area contributed by atoms with Gasteiger partial charge in [-0.2, -0.15) is 0 Å². The highest BCUT2D eigenvalue weighted by Crippen LogP contribution is 2.25. The topological polar surface area (TPSA) is 61.0 Å². The van der Waals surface area contributed by atoms with Crippen molar-refractivity contribution in [3.05, 3.63) is 35.7 Å². The Hall–Kier alpha value is -1.94. The van der Waals surface area contributed by atoms with Crippen LogP contribution in [0.1, 0.15) is 17.8 Å². The summed E-state index contributed by atoms with van der Waals surface area (Å²) in [4.78, 5) is 9.23. The second-order valence-electron chi connectivity index (χ2n) is 3.93. The van der Waals surface area contributed by atoms with Crippen LogP contribution in [0, 0.1) is 0 Å². The molecule has 0 unspecified atom stereocenters. The minimum Gasteiger partial charge on any atom is -0.476 e. The van der Waals surface area contributed by atoms with E-state index in [1.54, 1.807) is 0 Å². The molecule has 0 atom stereocenters. The van der Waals surface area contributed by atoms with Gasteiger partial charge < -0.3 is 4.74 Å². The molecule has 0 spiro atoms. The number of aromatic nitrogens is 2. The molecule has 17 heavy (non-hydrogen) atoms. The SMILES string of the molecule is NCOc1cccc2nc3c(nc12)C=CCC3. The smallest absolute Gasteiger partial charge is 0.149 e. The molecule has 0 saturated heterocycles. The zero-order chi connectivity index (χ0) is 11.7. The normalized spacial score (nSPS) is 13.7. The largest absolute Gasteiger partial charge is 0.476 e. The fourth-order valence-electron chi connectivity index (χ4n) is 2.04. The first-order valence-electron chi connectivity index (χ1n) is 5.67. The summed E-state index contributed by atoms with van der Waals surface area (Å²) >= 11 is 0. The standard InChI is InChI=1S/C13H13N3O/c14-8-17-12-7-3-6-11-13(12)16-10-5-2-1-4-9(10)15-11/h2-3,5-7H,1,4,8,14H2. The Kier molecular flexibility index (Phi) is 2.49. The molecule has 0 bridgehead atoms. The molecule has 0 fully saturated rings. The van der Waals surface area contributed by atoms with Crippen molar-refractivity contribution < 1.29 is 4.74 Å². The highest BCUT2D eigenvalue weighted by atomic mass is 16.5. The van der Waals surface area contributed by atoms with Crippen molar-refractivity contribution in [2.24, 2.45) is 5.73 Å². The maximum absolute atomic E-state index is 5.40. The number of nitrogens with zero attached hydrogens (tertiary/aromatic N) is 2. The van der Waals surface area contributed by atoms with Crippen molar-refractivity contribution >= 4 is 17.1 Å². The van der Waals surface area contributed by atoms with Gasteiger partial charge in [0.1, 0.15) is 18.0 Å². The summed E-state index contributed by atoms with van der Waals surface area (Å²) in [6.07, 6.45) is 6.13. The van der Waals surface area contributed by atoms with Gasteiger partial charge in [0.2, 0.25) is 0 Å². The number of hydrogen-bond acceptors (Lipinski definition) is 4. The lowest BCUT2D eigenvalue weighted by Crippen LogP contribution is -2.09. The number of hydrogen-bond donors (Lipinski definition) is 1. The van der Waals surface area contributed by atoms with Crippen molar-refractivity contribution in [2.45, 2.75) is 12.8 Å². The molecule has 1 aromatic heterocycles. The number of allylic oxidation sites excluding steroid dienone is 1. The van der Waals surface area contributed by atoms with Crippen LogP contribution in [0.4, 0.5) is 0 Å². The summed E-state index contributed by atoms with van der Waals surface area (Å²) in [5, 5.41) is 0. The molecule has 0 saturated carbocycles. The molecule has 1 aromatic carbocycles. The summed E-state index contributed by atoms with van der Waals surface area (Å²) in [5.41, 5.74) is 9.05. The minimum atomic E-state index is 0.147. The van der Waals surface area contributed by atoms with Gasteiger partial charge in [0, 0.05) is 0 Å². The molecular weight excluding hydrogens is 214 g/mol. The number of fused-ring (bicyclic) bond motifs is 2. The van der Waals surface area contributed by atoms with Gasteiger partial charge >= 0.3 is 0 Å². The molecule has 2 aromatic rings. The number of benzene rings is 1. The van der Waals surface area contributed by atoms with Crippen molar-refractivity contribution in [1.82, 2.24) is 9.97 Å². The Balaban J connectivity index is 2.23. The van der Waals surface area contributed by atoms with E-state index in [2.05, 4.69) is 16.0 Å². The van der Waals surface area contributed by atoms with E-state index in [-0.39, 0.29) is 6.73 Å². The second kappa shape index (κ2) is 4.14. The minimum absolute atomic E-state index is 0.147. The third-order valence-corrected chi connectivity index (χ3v) is 2.82. The summed E-state index contributed by atoms with van der Waals surface area (Å²) in [6, 6.07) is 5.72. The van der Waals surface area contributed by atoms with Crippen LogP contribution in [0.5, 0.6) is 5.75 Å². The van der Waals surface area contributed by atoms with E-state index in [1.165, 1.54) is 0 Å². The fourth-order valence-corrected chi connectivity index (χ4v) is 2.04.